The van der Waals surface area contributed by atoms with E-state index in [1.165, 1.54) is 6.20 Å². The maximum Gasteiger partial charge on any atom is 0.266 e. The van der Waals surface area contributed by atoms with Gasteiger partial charge in [-0.15, -0.1) is 0 Å². The number of halogens is 1. The Morgan fingerprint density at radius 2 is 2.10 bits per heavy atom. The van der Waals surface area contributed by atoms with E-state index in [1.807, 2.05) is 12.1 Å². The number of piperidine rings is 1. The topological polar surface area (TPSA) is 56.1 Å². The zero-order valence-corrected chi connectivity index (χ0v) is 11.9. The number of likely N-dealkylation sites (tertiary alicyclic amines) is 1. The first-order valence-corrected chi connectivity index (χ1v) is 7.00. The summed E-state index contributed by atoms with van der Waals surface area (Å²) in [6, 6.07) is 9.08. The van der Waals surface area contributed by atoms with Gasteiger partial charge in [0.1, 0.15) is 11.6 Å². The van der Waals surface area contributed by atoms with E-state index < -0.39 is 0 Å². The Hall–Kier alpha value is -1.99. The average molecular weight is 290 g/mol. The van der Waals surface area contributed by atoms with Crippen molar-refractivity contribution < 1.29 is 4.79 Å². The molecule has 1 aliphatic rings. The predicted molar refractivity (Wildman–Crippen MR) is 79.2 cm³/mol. The molecule has 1 aromatic rings. The van der Waals surface area contributed by atoms with Gasteiger partial charge in [-0.1, -0.05) is 17.7 Å². The number of carbonyl (C=O) groups excluding carboxylic acids is 1. The third-order valence-electron chi connectivity index (χ3n) is 3.20. The molecule has 0 unspecified atom stereocenters. The van der Waals surface area contributed by atoms with Crippen molar-refractivity contribution >= 4 is 23.2 Å². The number of nitrogens with zero attached hydrogens (tertiary/aromatic N) is 2. The fourth-order valence-electron chi connectivity index (χ4n) is 2.14. The number of hydrogen-bond donors (Lipinski definition) is 1. The standard InChI is InChI=1S/C15H16ClN3O/c16-13-5-4-6-14(9-13)18-11-12(10-17)15(20)19-7-2-1-3-8-19/h4-6,9,11,18H,1-3,7-8H2/b12-11-. The third kappa shape index (κ3) is 3.75. The number of nitriles is 1. The van der Waals surface area contributed by atoms with Gasteiger partial charge < -0.3 is 10.2 Å². The molecule has 1 aromatic carbocycles. The van der Waals surface area contributed by atoms with Gasteiger partial charge in [0.05, 0.1) is 0 Å². The molecule has 0 spiro atoms. The summed E-state index contributed by atoms with van der Waals surface area (Å²) in [7, 11) is 0. The molecule has 0 bridgehead atoms. The van der Waals surface area contributed by atoms with Crippen LogP contribution in [-0.4, -0.2) is 23.9 Å². The molecule has 0 saturated carbocycles. The van der Waals surface area contributed by atoms with Crippen LogP contribution in [0.4, 0.5) is 5.69 Å². The van der Waals surface area contributed by atoms with Crippen LogP contribution in [0.15, 0.2) is 36.0 Å². The summed E-state index contributed by atoms with van der Waals surface area (Å²) in [5.41, 5.74) is 0.864. The second kappa shape index (κ2) is 6.97. The molecule has 0 aliphatic carbocycles. The fourth-order valence-corrected chi connectivity index (χ4v) is 2.33. The average Bonchev–Trinajstić information content (AvgIpc) is 2.48. The summed E-state index contributed by atoms with van der Waals surface area (Å²) < 4.78 is 0. The number of benzene rings is 1. The van der Waals surface area contributed by atoms with Gasteiger partial charge in [-0.3, -0.25) is 4.79 Å². The molecular weight excluding hydrogens is 274 g/mol. The van der Waals surface area contributed by atoms with Crippen molar-refractivity contribution in [3.63, 3.8) is 0 Å². The number of nitrogens with one attached hydrogen (secondary N) is 1. The summed E-state index contributed by atoms with van der Waals surface area (Å²) in [5, 5.41) is 12.7. The van der Waals surface area contributed by atoms with Gasteiger partial charge in [-0.25, -0.2) is 0 Å². The lowest BCUT2D eigenvalue weighted by Gasteiger charge is -2.26. The number of rotatable bonds is 3. The number of hydrogen-bond acceptors (Lipinski definition) is 3. The van der Waals surface area contributed by atoms with E-state index in [-0.39, 0.29) is 11.5 Å². The van der Waals surface area contributed by atoms with Crippen LogP contribution >= 0.6 is 11.6 Å². The Kier molecular flexibility index (Phi) is 5.03. The minimum absolute atomic E-state index is 0.117. The molecule has 0 aromatic heterocycles. The molecule has 1 amide bonds. The van der Waals surface area contributed by atoms with Gasteiger partial charge in [0.15, 0.2) is 0 Å². The third-order valence-corrected chi connectivity index (χ3v) is 3.44. The van der Waals surface area contributed by atoms with Gasteiger partial charge in [0.25, 0.3) is 5.91 Å². The normalized spacial score (nSPS) is 15.6. The molecule has 20 heavy (non-hydrogen) atoms. The molecule has 5 heteroatoms. The van der Waals surface area contributed by atoms with Crippen LogP contribution in [0, 0.1) is 11.3 Å². The lowest BCUT2D eigenvalue weighted by Crippen LogP contribution is -2.36. The molecule has 104 valence electrons. The van der Waals surface area contributed by atoms with Gasteiger partial charge >= 0.3 is 0 Å². The van der Waals surface area contributed by atoms with Crippen LogP contribution in [0.1, 0.15) is 19.3 Å². The van der Waals surface area contributed by atoms with Crippen LogP contribution < -0.4 is 5.32 Å². The van der Waals surface area contributed by atoms with E-state index in [0.717, 1.165) is 38.0 Å². The van der Waals surface area contributed by atoms with Gasteiger partial charge in [0, 0.05) is 30.0 Å². The van der Waals surface area contributed by atoms with E-state index >= 15 is 0 Å². The quantitative estimate of drug-likeness (QED) is 0.687. The Labute approximate surface area is 123 Å². The fraction of sp³-hybridized carbons (Fsp3) is 0.333. The summed E-state index contributed by atoms with van der Waals surface area (Å²) in [6.07, 6.45) is 4.61. The largest absolute Gasteiger partial charge is 0.360 e. The van der Waals surface area contributed by atoms with Crippen molar-refractivity contribution in [3.8, 4) is 6.07 Å². The van der Waals surface area contributed by atoms with Crippen LogP contribution in [-0.2, 0) is 4.79 Å². The maximum absolute atomic E-state index is 12.2. The van der Waals surface area contributed by atoms with Gasteiger partial charge in [-0.2, -0.15) is 5.26 Å². The molecular formula is C15H16ClN3O. The van der Waals surface area contributed by atoms with Crippen molar-refractivity contribution in [1.82, 2.24) is 4.90 Å². The Morgan fingerprint density at radius 1 is 1.35 bits per heavy atom. The van der Waals surface area contributed by atoms with Crippen LogP contribution in [0.5, 0.6) is 0 Å². The molecule has 1 N–H and O–H groups in total. The Balaban J connectivity index is 2.05. The van der Waals surface area contributed by atoms with E-state index in [4.69, 9.17) is 16.9 Å². The Morgan fingerprint density at radius 3 is 2.75 bits per heavy atom. The highest BCUT2D eigenvalue weighted by Gasteiger charge is 2.19. The van der Waals surface area contributed by atoms with Crippen molar-refractivity contribution in [3.05, 3.63) is 41.1 Å². The Bertz CT molecular complexity index is 556. The SMILES string of the molecule is N#C/C(=C/Nc1cccc(Cl)c1)C(=O)N1CCCCC1. The zero-order chi connectivity index (χ0) is 14.4. The predicted octanol–water partition coefficient (Wildman–Crippen LogP) is 3.17. The molecule has 1 fully saturated rings. The van der Waals surface area contributed by atoms with Crippen molar-refractivity contribution in [1.29, 1.82) is 5.26 Å². The first kappa shape index (κ1) is 14.4. The lowest BCUT2D eigenvalue weighted by molar-refractivity contribution is -0.127. The summed E-state index contributed by atoms with van der Waals surface area (Å²) in [6.45, 7) is 1.46. The number of anilines is 1. The van der Waals surface area contributed by atoms with E-state index in [1.54, 1.807) is 23.1 Å². The molecule has 4 nitrogen and oxygen atoms in total. The summed E-state index contributed by atoms with van der Waals surface area (Å²) in [4.78, 5) is 13.9. The molecule has 0 atom stereocenters. The minimum atomic E-state index is -0.207. The highest BCUT2D eigenvalue weighted by atomic mass is 35.5. The van der Waals surface area contributed by atoms with Crippen molar-refractivity contribution in [2.75, 3.05) is 18.4 Å². The van der Waals surface area contributed by atoms with Crippen molar-refractivity contribution in [2.45, 2.75) is 19.3 Å². The first-order valence-electron chi connectivity index (χ1n) is 6.62. The number of amides is 1. The van der Waals surface area contributed by atoms with Crippen molar-refractivity contribution in [2.24, 2.45) is 0 Å². The van der Waals surface area contributed by atoms with Gasteiger partial charge in [-0.05, 0) is 37.5 Å². The first-order chi connectivity index (χ1) is 9.70. The minimum Gasteiger partial charge on any atom is -0.360 e. The number of carbonyl (C=O) groups is 1. The summed E-state index contributed by atoms with van der Waals surface area (Å²) in [5.74, 6) is -0.207. The zero-order valence-electron chi connectivity index (χ0n) is 11.1. The second-order valence-corrected chi connectivity index (χ2v) is 5.11. The van der Waals surface area contributed by atoms with E-state index in [0.29, 0.717) is 5.02 Å². The lowest BCUT2D eigenvalue weighted by atomic mass is 10.1. The van der Waals surface area contributed by atoms with Crippen LogP contribution in [0.25, 0.3) is 0 Å². The molecule has 1 saturated heterocycles. The monoisotopic (exact) mass is 289 g/mol. The molecule has 0 radical (unpaired) electrons. The highest BCUT2D eigenvalue weighted by molar-refractivity contribution is 6.30. The van der Waals surface area contributed by atoms with E-state index in [2.05, 4.69) is 5.32 Å². The molecule has 1 aliphatic heterocycles. The summed E-state index contributed by atoms with van der Waals surface area (Å²) >= 11 is 5.88. The van der Waals surface area contributed by atoms with Gasteiger partial charge in [0.2, 0.25) is 0 Å². The molecule has 1 heterocycles. The molecule has 2 rings (SSSR count). The maximum atomic E-state index is 12.2. The van der Waals surface area contributed by atoms with Crippen LogP contribution in [0.3, 0.4) is 0 Å². The smallest absolute Gasteiger partial charge is 0.266 e. The van der Waals surface area contributed by atoms with E-state index in [9.17, 15) is 4.79 Å². The van der Waals surface area contributed by atoms with Crippen LogP contribution in [0.2, 0.25) is 5.02 Å². The second-order valence-electron chi connectivity index (χ2n) is 4.68. The highest BCUT2D eigenvalue weighted by Crippen LogP contribution is 2.16.